The summed E-state index contributed by atoms with van der Waals surface area (Å²) in [7, 11) is 1.96. The van der Waals surface area contributed by atoms with Crippen molar-refractivity contribution in [2.45, 2.75) is 26.3 Å². The van der Waals surface area contributed by atoms with Crippen LogP contribution in [0.3, 0.4) is 0 Å². The fourth-order valence-corrected chi connectivity index (χ4v) is 2.67. The topological polar surface area (TPSA) is 39.1 Å². The Morgan fingerprint density at radius 2 is 2.30 bits per heavy atom. The van der Waals surface area contributed by atoms with Crippen molar-refractivity contribution in [3.63, 3.8) is 0 Å². The van der Waals surface area contributed by atoms with Crippen LogP contribution in [0.2, 0.25) is 0 Å². The summed E-state index contributed by atoms with van der Waals surface area (Å²) in [4.78, 5) is 0. The molecule has 2 aromatic rings. The Kier molecular flexibility index (Phi) is 3.74. The first-order valence-electron chi connectivity index (χ1n) is 7.17. The molecule has 1 aliphatic heterocycles. The maximum atomic E-state index is 5.53. The van der Waals surface area contributed by atoms with Gasteiger partial charge in [0.05, 0.1) is 12.3 Å². The highest BCUT2D eigenvalue weighted by Gasteiger charge is 2.11. The highest BCUT2D eigenvalue weighted by Crippen LogP contribution is 2.25. The summed E-state index contributed by atoms with van der Waals surface area (Å²) in [5.41, 5.74) is 5.11. The molecule has 0 unspecified atom stereocenters. The number of hydrogen-bond acceptors (Lipinski definition) is 3. The number of rotatable bonds is 5. The maximum Gasteiger partial charge on any atom is 0.122 e. The third-order valence-electron chi connectivity index (χ3n) is 3.77. The largest absolute Gasteiger partial charge is 0.493 e. The highest BCUT2D eigenvalue weighted by molar-refractivity contribution is 5.39. The smallest absolute Gasteiger partial charge is 0.122 e. The molecule has 1 N–H and O–H groups in total. The van der Waals surface area contributed by atoms with Gasteiger partial charge in [-0.25, -0.2) is 0 Å². The second-order valence-corrected chi connectivity index (χ2v) is 5.38. The van der Waals surface area contributed by atoms with Gasteiger partial charge >= 0.3 is 0 Å². The third-order valence-corrected chi connectivity index (χ3v) is 3.77. The van der Waals surface area contributed by atoms with Crippen LogP contribution in [0.15, 0.2) is 24.4 Å². The summed E-state index contributed by atoms with van der Waals surface area (Å²) in [5.74, 6) is 1.06. The maximum absolute atomic E-state index is 5.53. The molecule has 0 bridgehead atoms. The molecule has 0 radical (unpaired) electrons. The van der Waals surface area contributed by atoms with Crippen LogP contribution in [-0.2, 0) is 26.4 Å². The molecule has 1 aromatic carbocycles. The van der Waals surface area contributed by atoms with Crippen LogP contribution < -0.4 is 10.1 Å². The van der Waals surface area contributed by atoms with Crippen molar-refractivity contribution in [1.82, 2.24) is 15.1 Å². The SMILES string of the molecule is Cc1nn(C)cc1CNCCc1ccc2c(c1)CCO2. The molecule has 0 amide bonds. The number of nitrogens with zero attached hydrogens (tertiary/aromatic N) is 2. The lowest BCUT2D eigenvalue weighted by atomic mass is 10.1. The molecule has 0 saturated heterocycles. The first-order valence-corrected chi connectivity index (χ1v) is 7.17. The van der Waals surface area contributed by atoms with Gasteiger partial charge in [-0.1, -0.05) is 12.1 Å². The molecule has 4 nitrogen and oxygen atoms in total. The van der Waals surface area contributed by atoms with E-state index >= 15 is 0 Å². The molecular weight excluding hydrogens is 250 g/mol. The molecular formula is C16H21N3O. The van der Waals surface area contributed by atoms with Gasteiger partial charge in [0.15, 0.2) is 0 Å². The Hall–Kier alpha value is -1.81. The predicted octanol–water partition coefficient (Wildman–Crippen LogP) is 2.00. The zero-order chi connectivity index (χ0) is 13.9. The van der Waals surface area contributed by atoms with Crippen LogP contribution in [0.4, 0.5) is 0 Å². The van der Waals surface area contributed by atoms with Crippen molar-refractivity contribution in [3.8, 4) is 5.75 Å². The molecule has 1 aliphatic rings. The summed E-state index contributed by atoms with van der Waals surface area (Å²) in [6.45, 7) is 4.75. The highest BCUT2D eigenvalue weighted by atomic mass is 16.5. The summed E-state index contributed by atoms with van der Waals surface area (Å²) in [6.07, 6.45) is 4.17. The molecule has 4 heteroatoms. The van der Waals surface area contributed by atoms with Crippen molar-refractivity contribution in [3.05, 3.63) is 46.8 Å². The van der Waals surface area contributed by atoms with E-state index in [1.165, 1.54) is 16.7 Å². The number of hydrogen-bond donors (Lipinski definition) is 1. The summed E-state index contributed by atoms with van der Waals surface area (Å²) in [6, 6.07) is 6.55. The van der Waals surface area contributed by atoms with Gasteiger partial charge in [0.2, 0.25) is 0 Å². The number of aryl methyl sites for hydroxylation is 2. The Bertz CT molecular complexity index is 604. The normalized spacial score (nSPS) is 13.3. The Balaban J connectivity index is 1.49. The fraction of sp³-hybridized carbons (Fsp3) is 0.438. The lowest BCUT2D eigenvalue weighted by Gasteiger charge is -2.06. The van der Waals surface area contributed by atoms with Crippen molar-refractivity contribution in [1.29, 1.82) is 0 Å². The summed E-state index contributed by atoms with van der Waals surface area (Å²) < 4.78 is 7.40. The first kappa shape index (κ1) is 13.2. The third kappa shape index (κ3) is 2.85. The minimum atomic E-state index is 0.831. The van der Waals surface area contributed by atoms with Crippen LogP contribution in [0.1, 0.15) is 22.4 Å². The van der Waals surface area contributed by atoms with Crippen molar-refractivity contribution < 1.29 is 4.74 Å². The zero-order valence-corrected chi connectivity index (χ0v) is 12.1. The lowest BCUT2D eigenvalue weighted by molar-refractivity contribution is 0.357. The Labute approximate surface area is 119 Å². The second kappa shape index (κ2) is 5.67. The quantitative estimate of drug-likeness (QED) is 0.845. The van der Waals surface area contributed by atoms with E-state index in [1.807, 2.05) is 11.7 Å². The second-order valence-electron chi connectivity index (χ2n) is 5.38. The minimum Gasteiger partial charge on any atom is -0.493 e. The average molecular weight is 271 g/mol. The summed E-state index contributed by atoms with van der Waals surface area (Å²) in [5, 5.41) is 7.84. The van der Waals surface area contributed by atoms with E-state index in [-0.39, 0.29) is 0 Å². The molecule has 3 rings (SSSR count). The van der Waals surface area contributed by atoms with E-state index in [4.69, 9.17) is 4.74 Å². The predicted molar refractivity (Wildman–Crippen MR) is 79.0 cm³/mol. The number of ether oxygens (including phenoxy) is 1. The van der Waals surface area contributed by atoms with Crippen molar-refractivity contribution in [2.24, 2.45) is 7.05 Å². The van der Waals surface area contributed by atoms with Gasteiger partial charge in [-0.3, -0.25) is 4.68 Å². The fourth-order valence-electron chi connectivity index (χ4n) is 2.67. The lowest BCUT2D eigenvalue weighted by Crippen LogP contribution is -2.16. The standard InChI is InChI=1S/C16H21N3O/c1-12-15(11-19(2)18-12)10-17-7-5-13-3-4-16-14(9-13)6-8-20-16/h3-4,9,11,17H,5-8,10H2,1-2H3. The molecule has 0 saturated carbocycles. The van der Waals surface area contributed by atoms with Crippen LogP contribution in [0.25, 0.3) is 0 Å². The van der Waals surface area contributed by atoms with E-state index < -0.39 is 0 Å². The Morgan fingerprint density at radius 3 is 3.10 bits per heavy atom. The number of benzene rings is 1. The molecule has 1 aromatic heterocycles. The molecule has 0 spiro atoms. The van der Waals surface area contributed by atoms with Crippen molar-refractivity contribution >= 4 is 0 Å². The van der Waals surface area contributed by atoms with Crippen LogP contribution in [-0.4, -0.2) is 22.9 Å². The minimum absolute atomic E-state index is 0.831. The van der Waals surface area contributed by atoms with Gasteiger partial charge in [-0.05, 0) is 37.1 Å². The molecule has 106 valence electrons. The first-order chi connectivity index (χ1) is 9.72. The van der Waals surface area contributed by atoms with Crippen molar-refractivity contribution in [2.75, 3.05) is 13.2 Å². The van der Waals surface area contributed by atoms with Gasteiger partial charge in [-0.15, -0.1) is 0 Å². The van der Waals surface area contributed by atoms with Gasteiger partial charge in [0, 0.05) is 31.8 Å². The molecule has 0 aliphatic carbocycles. The van der Waals surface area contributed by atoms with Crippen LogP contribution in [0, 0.1) is 6.92 Å². The molecule has 0 fully saturated rings. The van der Waals surface area contributed by atoms with E-state index in [1.54, 1.807) is 0 Å². The molecule has 2 heterocycles. The van der Waals surface area contributed by atoms with E-state index in [2.05, 4.69) is 41.7 Å². The Morgan fingerprint density at radius 1 is 1.40 bits per heavy atom. The number of fused-ring (bicyclic) bond motifs is 1. The monoisotopic (exact) mass is 271 g/mol. The molecule has 20 heavy (non-hydrogen) atoms. The van der Waals surface area contributed by atoms with Crippen LogP contribution in [0.5, 0.6) is 5.75 Å². The zero-order valence-electron chi connectivity index (χ0n) is 12.1. The number of aromatic nitrogens is 2. The van der Waals surface area contributed by atoms with Gasteiger partial charge in [-0.2, -0.15) is 5.10 Å². The van der Waals surface area contributed by atoms with E-state index in [0.29, 0.717) is 0 Å². The van der Waals surface area contributed by atoms with Gasteiger partial charge in [0.1, 0.15) is 5.75 Å². The van der Waals surface area contributed by atoms with E-state index in [0.717, 1.165) is 44.0 Å². The van der Waals surface area contributed by atoms with Gasteiger partial charge < -0.3 is 10.1 Å². The summed E-state index contributed by atoms with van der Waals surface area (Å²) >= 11 is 0. The van der Waals surface area contributed by atoms with Gasteiger partial charge in [0.25, 0.3) is 0 Å². The average Bonchev–Trinajstić information content (AvgIpc) is 3.00. The molecule has 0 atom stereocenters. The van der Waals surface area contributed by atoms with E-state index in [9.17, 15) is 0 Å². The number of nitrogens with one attached hydrogen (secondary N) is 1. The van der Waals surface area contributed by atoms with Crippen LogP contribution >= 0.6 is 0 Å².